The van der Waals surface area contributed by atoms with E-state index in [0.29, 0.717) is 0 Å². The number of alkyl halides is 6. The summed E-state index contributed by atoms with van der Waals surface area (Å²) < 4.78 is 79.5. The molecule has 0 amide bonds. The van der Waals surface area contributed by atoms with E-state index >= 15 is 0 Å². The van der Waals surface area contributed by atoms with Crippen LogP contribution >= 0.6 is 0 Å². The quantitative estimate of drug-likeness (QED) is 0.613. The minimum atomic E-state index is -5.01. The maximum Gasteiger partial charge on any atom is 0.573 e. The summed E-state index contributed by atoms with van der Waals surface area (Å²) in [6.45, 7) is 0. The maximum absolute atomic E-state index is 12.9. The molecule has 122 valence electrons. The number of carbonyl (C=O) groups is 1. The zero-order valence-electron chi connectivity index (χ0n) is 11.1. The van der Waals surface area contributed by atoms with Crippen LogP contribution in [0.5, 0.6) is 5.75 Å². The van der Waals surface area contributed by atoms with Crippen molar-refractivity contribution in [3.05, 3.63) is 47.7 Å². The Hall–Kier alpha value is -2.58. The van der Waals surface area contributed by atoms with E-state index in [1.165, 1.54) is 12.1 Å². The molecule has 0 saturated carbocycles. The number of ether oxygens (including phenoxy) is 1. The van der Waals surface area contributed by atoms with Crippen molar-refractivity contribution in [2.45, 2.75) is 12.5 Å². The van der Waals surface area contributed by atoms with Gasteiger partial charge >= 0.3 is 12.5 Å². The summed E-state index contributed by atoms with van der Waals surface area (Å²) >= 11 is 0. The first-order valence-electron chi connectivity index (χ1n) is 6.00. The average molecular weight is 335 g/mol. The lowest BCUT2D eigenvalue weighted by molar-refractivity contribution is -0.274. The molecule has 0 bridgehead atoms. The van der Waals surface area contributed by atoms with Crippen LogP contribution in [0.4, 0.5) is 26.3 Å². The molecule has 0 aliphatic rings. The topological polar surface area (TPSA) is 39.2 Å². The van der Waals surface area contributed by atoms with Crippen molar-refractivity contribution in [3.8, 4) is 17.0 Å². The Morgan fingerprint density at radius 3 is 2.17 bits per heavy atom. The molecular formula is C14H7F6NO2. The predicted octanol–water partition coefficient (Wildman–Crippen LogP) is 4.48. The summed E-state index contributed by atoms with van der Waals surface area (Å²) in [7, 11) is 0. The van der Waals surface area contributed by atoms with Gasteiger partial charge in [-0.2, -0.15) is 13.2 Å². The molecule has 0 saturated heterocycles. The molecule has 3 nitrogen and oxygen atoms in total. The number of hydrogen-bond acceptors (Lipinski definition) is 3. The van der Waals surface area contributed by atoms with Gasteiger partial charge in [-0.15, -0.1) is 13.2 Å². The number of nitrogens with zero attached hydrogens (tertiary/aromatic N) is 1. The zero-order valence-corrected chi connectivity index (χ0v) is 11.1. The monoisotopic (exact) mass is 335 g/mol. The van der Waals surface area contributed by atoms with Crippen LogP contribution in [0.15, 0.2) is 36.4 Å². The molecule has 2 rings (SSSR count). The smallest absolute Gasteiger partial charge is 0.405 e. The molecule has 0 spiro atoms. The normalized spacial score (nSPS) is 12.1. The second-order valence-corrected chi connectivity index (χ2v) is 4.29. The molecule has 0 aliphatic heterocycles. The highest BCUT2D eigenvalue weighted by Crippen LogP contribution is 2.36. The molecule has 2 aromatic rings. The van der Waals surface area contributed by atoms with Gasteiger partial charge in [-0.25, -0.2) is 4.98 Å². The van der Waals surface area contributed by atoms with Gasteiger partial charge in [0.05, 0.1) is 5.69 Å². The molecule has 9 heteroatoms. The van der Waals surface area contributed by atoms with Crippen molar-refractivity contribution in [1.82, 2.24) is 4.98 Å². The highest BCUT2D eigenvalue weighted by molar-refractivity contribution is 5.78. The number of hydrogen-bond donors (Lipinski definition) is 0. The minimum absolute atomic E-state index is 0.0300. The van der Waals surface area contributed by atoms with Gasteiger partial charge < -0.3 is 4.74 Å². The van der Waals surface area contributed by atoms with Crippen LogP contribution in [0, 0.1) is 0 Å². The number of aromatic nitrogens is 1. The lowest BCUT2D eigenvalue weighted by atomic mass is 10.1. The summed E-state index contributed by atoms with van der Waals surface area (Å²) in [5.74, 6) is -0.695. The Bertz CT molecular complexity index is 724. The van der Waals surface area contributed by atoms with Crippen LogP contribution < -0.4 is 4.74 Å². The summed E-state index contributed by atoms with van der Waals surface area (Å²) in [6, 6.07) is 6.48. The largest absolute Gasteiger partial charge is 0.573 e. The Kier molecular flexibility index (Phi) is 4.31. The molecule has 0 N–H and O–H groups in total. The van der Waals surface area contributed by atoms with E-state index in [2.05, 4.69) is 9.72 Å². The number of halogens is 6. The molecule has 0 radical (unpaired) electrons. The third-order valence-electron chi connectivity index (χ3n) is 2.71. The van der Waals surface area contributed by atoms with Gasteiger partial charge in [0.1, 0.15) is 5.75 Å². The van der Waals surface area contributed by atoms with Gasteiger partial charge in [-0.3, -0.25) is 4.79 Å². The molecule has 0 fully saturated rings. The lowest BCUT2D eigenvalue weighted by Crippen LogP contribution is -2.18. The first kappa shape index (κ1) is 16.8. The maximum atomic E-state index is 12.9. The number of aldehydes is 1. The molecule has 23 heavy (non-hydrogen) atoms. The van der Waals surface area contributed by atoms with Gasteiger partial charge in [0.25, 0.3) is 0 Å². The van der Waals surface area contributed by atoms with E-state index in [9.17, 15) is 31.1 Å². The van der Waals surface area contributed by atoms with Crippen LogP contribution in [0.3, 0.4) is 0 Å². The Morgan fingerprint density at radius 2 is 1.61 bits per heavy atom. The first-order valence-corrected chi connectivity index (χ1v) is 6.00. The standard InChI is InChI=1S/C14H7F6NO2/c15-13(16,17)12-8(7-22)5-6-10(21-12)9-3-1-2-4-11(9)23-14(18,19)20/h1-7H. The second kappa shape index (κ2) is 5.90. The first-order chi connectivity index (χ1) is 10.6. The van der Waals surface area contributed by atoms with E-state index in [4.69, 9.17) is 0 Å². The molecular weight excluding hydrogens is 328 g/mol. The molecule has 0 aliphatic carbocycles. The fraction of sp³-hybridized carbons (Fsp3) is 0.143. The predicted molar refractivity (Wildman–Crippen MR) is 66.7 cm³/mol. The van der Waals surface area contributed by atoms with Crippen LogP contribution in [-0.2, 0) is 6.18 Å². The Balaban J connectivity index is 2.58. The summed E-state index contributed by atoms with van der Waals surface area (Å²) in [5, 5.41) is 0. The lowest BCUT2D eigenvalue weighted by Gasteiger charge is -2.14. The van der Waals surface area contributed by atoms with Gasteiger partial charge in [0.15, 0.2) is 12.0 Å². The molecule has 1 aromatic heterocycles. The van der Waals surface area contributed by atoms with E-state index in [1.54, 1.807) is 0 Å². The molecule has 0 atom stereocenters. The average Bonchev–Trinajstić information content (AvgIpc) is 2.44. The van der Waals surface area contributed by atoms with E-state index in [0.717, 1.165) is 24.3 Å². The van der Waals surface area contributed by atoms with Crippen molar-refractivity contribution < 1.29 is 35.9 Å². The second-order valence-electron chi connectivity index (χ2n) is 4.29. The van der Waals surface area contributed by atoms with Crippen molar-refractivity contribution in [2.24, 2.45) is 0 Å². The fourth-order valence-corrected chi connectivity index (χ4v) is 1.83. The molecule has 1 heterocycles. The summed E-state index contributed by atoms with van der Waals surface area (Å²) in [4.78, 5) is 13.9. The van der Waals surface area contributed by atoms with Crippen LogP contribution in [0.25, 0.3) is 11.3 Å². The molecule has 0 unspecified atom stereocenters. The highest BCUT2D eigenvalue weighted by atomic mass is 19.4. The van der Waals surface area contributed by atoms with Gasteiger partial charge in [-0.05, 0) is 24.3 Å². The van der Waals surface area contributed by atoms with Crippen LogP contribution in [0.2, 0.25) is 0 Å². The highest BCUT2D eigenvalue weighted by Gasteiger charge is 2.36. The fourth-order valence-electron chi connectivity index (χ4n) is 1.83. The third kappa shape index (κ3) is 3.99. The minimum Gasteiger partial charge on any atom is -0.405 e. The van der Waals surface area contributed by atoms with E-state index in [1.807, 2.05) is 0 Å². The van der Waals surface area contributed by atoms with Crippen molar-refractivity contribution in [3.63, 3.8) is 0 Å². The SMILES string of the molecule is O=Cc1ccc(-c2ccccc2OC(F)(F)F)nc1C(F)(F)F. The van der Waals surface area contributed by atoms with E-state index < -0.39 is 35.2 Å². The molecule has 1 aromatic carbocycles. The number of benzene rings is 1. The summed E-state index contributed by atoms with van der Waals surface area (Å²) in [5.41, 5.74) is -2.88. The van der Waals surface area contributed by atoms with Crippen LogP contribution in [-0.4, -0.2) is 17.6 Å². The van der Waals surface area contributed by atoms with Crippen LogP contribution in [0.1, 0.15) is 16.1 Å². The number of carbonyl (C=O) groups excluding carboxylic acids is 1. The van der Waals surface area contributed by atoms with E-state index in [-0.39, 0.29) is 11.8 Å². The van der Waals surface area contributed by atoms with Gasteiger partial charge in [0, 0.05) is 11.1 Å². The van der Waals surface area contributed by atoms with Crippen molar-refractivity contribution in [2.75, 3.05) is 0 Å². The third-order valence-corrected chi connectivity index (χ3v) is 2.71. The number of pyridine rings is 1. The Morgan fingerprint density at radius 1 is 0.957 bits per heavy atom. The van der Waals surface area contributed by atoms with Crippen molar-refractivity contribution in [1.29, 1.82) is 0 Å². The summed E-state index contributed by atoms with van der Waals surface area (Å²) in [6.07, 6.45) is -9.96. The number of rotatable bonds is 3. The van der Waals surface area contributed by atoms with Gasteiger partial charge in [-0.1, -0.05) is 12.1 Å². The Labute approximate surface area is 125 Å². The zero-order chi connectivity index (χ0) is 17.3. The van der Waals surface area contributed by atoms with Gasteiger partial charge in [0.2, 0.25) is 0 Å². The number of para-hydroxylation sites is 1. The van der Waals surface area contributed by atoms with Crippen molar-refractivity contribution >= 4 is 6.29 Å².